The number of carboxylic acid groups (broad SMARTS) is 1. The SMILES string of the molecule is CC(C)N(CCC(=O)O)C(=O)NCCOCC(F)F. The number of hydrogen-bond acceptors (Lipinski definition) is 3. The number of halogens is 2. The molecule has 0 saturated heterocycles. The van der Waals surface area contributed by atoms with E-state index in [-0.39, 0.29) is 32.2 Å². The van der Waals surface area contributed by atoms with Crippen molar-refractivity contribution in [1.29, 1.82) is 0 Å². The second kappa shape index (κ2) is 9.48. The van der Waals surface area contributed by atoms with Gasteiger partial charge >= 0.3 is 12.0 Å². The first-order chi connectivity index (χ1) is 8.84. The molecule has 0 spiro atoms. The molecule has 0 aliphatic heterocycles. The summed E-state index contributed by atoms with van der Waals surface area (Å²) < 4.78 is 28.1. The van der Waals surface area contributed by atoms with Crippen LogP contribution in [0.25, 0.3) is 0 Å². The van der Waals surface area contributed by atoms with Crippen molar-refractivity contribution in [2.45, 2.75) is 32.7 Å². The lowest BCUT2D eigenvalue weighted by Gasteiger charge is -2.26. The van der Waals surface area contributed by atoms with Crippen molar-refractivity contribution in [3.63, 3.8) is 0 Å². The number of aliphatic carboxylic acids is 1. The maximum absolute atomic E-state index is 11.8. The lowest BCUT2D eigenvalue weighted by Crippen LogP contribution is -2.45. The molecule has 0 unspecified atom stereocenters. The van der Waals surface area contributed by atoms with E-state index in [4.69, 9.17) is 5.11 Å². The summed E-state index contributed by atoms with van der Waals surface area (Å²) in [5, 5.41) is 11.1. The number of carboxylic acids is 1. The van der Waals surface area contributed by atoms with Crippen LogP contribution in [-0.2, 0) is 9.53 Å². The number of carbonyl (C=O) groups is 2. The molecule has 0 aromatic heterocycles. The number of ether oxygens (including phenoxy) is 1. The highest BCUT2D eigenvalue weighted by Gasteiger charge is 2.17. The fraction of sp³-hybridized carbons (Fsp3) is 0.818. The second-order valence-corrected chi connectivity index (χ2v) is 4.13. The van der Waals surface area contributed by atoms with Gasteiger partial charge in [0.15, 0.2) is 0 Å². The Morgan fingerprint density at radius 2 is 2.00 bits per heavy atom. The van der Waals surface area contributed by atoms with Crippen LogP contribution in [-0.4, -0.2) is 60.8 Å². The van der Waals surface area contributed by atoms with Gasteiger partial charge in [-0.3, -0.25) is 4.79 Å². The minimum absolute atomic E-state index is 0.0130. The monoisotopic (exact) mass is 282 g/mol. The molecule has 0 saturated carbocycles. The van der Waals surface area contributed by atoms with Crippen LogP contribution in [0, 0.1) is 0 Å². The first kappa shape index (κ1) is 17.6. The molecule has 0 aliphatic carbocycles. The van der Waals surface area contributed by atoms with Gasteiger partial charge in [-0.1, -0.05) is 0 Å². The Morgan fingerprint density at radius 1 is 1.37 bits per heavy atom. The van der Waals surface area contributed by atoms with E-state index in [1.807, 2.05) is 0 Å². The van der Waals surface area contributed by atoms with Crippen LogP contribution in [0.4, 0.5) is 13.6 Å². The summed E-state index contributed by atoms with van der Waals surface area (Å²) in [7, 11) is 0. The highest BCUT2D eigenvalue weighted by molar-refractivity contribution is 5.75. The number of rotatable bonds is 9. The lowest BCUT2D eigenvalue weighted by atomic mass is 10.3. The molecule has 0 rings (SSSR count). The van der Waals surface area contributed by atoms with Crippen molar-refractivity contribution < 1.29 is 28.2 Å². The average molecular weight is 282 g/mol. The minimum atomic E-state index is -2.53. The average Bonchev–Trinajstić information content (AvgIpc) is 2.27. The topological polar surface area (TPSA) is 78.9 Å². The predicted molar refractivity (Wildman–Crippen MR) is 64.3 cm³/mol. The summed E-state index contributed by atoms with van der Waals surface area (Å²) in [6.45, 7) is 3.03. The summed E-state index contributed by atoms with van der Waals surface area (Å²) in [6, 6.07) is -0.585. The molecule has 19 heavy (non-hydrogen) atoms. The highest BCUT2D eigenvalue weighted by Crippen LogP contribution is 2.00. The van der Waals surface area contributed by atoms with Crippen molar-refractivity contribution >= 4 is 12.0 Å². The van der Waals surface area contributed by atoms with Gasteiger partial charge in [0.2, 0.25) is 0 Å². The van der Waals surface area contributed by atoms with Crippen LogP contribution in [0.15, 0.2) is 0 Å². The standard InChI is InChI=1S/C11H20F2N2O4/c1-8(2)15(5-3-10(16)17)11(18)14-4-6-19-7-9(12)13/h8-9H,3-7H2,1-2H3,(H,14,18)(H,16,17). The van der Waals surface area contributed by atoms with E-state index < -0.39 is 25.0 Å². The van der Waals surface area contributed by atoms with Gasteiger partial charge in [0.1, 0.15) is 6.61 Å². The van der Waals surface area contributed by atoms with Crippen molar-refractivity contribution in [3.05, 3.63) is 0 Å². The number of nitrogens with one attached hydrogen (secondary N) is 1. The zero-order valence-corrected chi connectivity index (χ0v) is 11.1. The third kappa shape index (κ3) is 9.18. The first-order valence-electron chi connectivity index (χ1n) is 5.96. The number of carbonyl (C=O) groups excluding carboxylic acids is 1. The molecule has 112 valence electrons. The van der Waals surface area contributed by atoms with Crippen molar-refractivity contribution in [3.8, 4) is 0 Å². The number of amides is 2. The molecule has 8 heteroatoms. The second-order valence-electron chi connectivity index (χ2n) is 4.13. The number of urea groups is 1. The maximum Gasteiger partial charge on any atom is 0.317 e. The van der Waals surface area contributed by atoms with Crippen LogP contribution < -0.4 is 5.32 Å². The molecule has 0 bridgehead atoms. The van der Waals surface area contributed by atoms with Gasteiger partial charge in [-0.15, -0.1) is 0 Å². The van der Waals surface area contributed by atoms with E-state index in [0.29, 0.717) is 0 Å². The Hall–Kier alpha value is -1.44. The molecule has 0 heterocycles. The van der Waals surface area contributed by atoms with Gasteiger partial charge in [0, 0.05) is 19.1 Å². The largest absolute Gasteiger partial charge is 0.481 e. The zero-order chi connectivity index (χ0) is 14.8. The normalized spacial score (nSPS) is 10.8. The molecule has 2 N–H and O–H groups in total. The lowest BCUT2D eigenvalue weighted by molar-refractivity contribution is -0.137. The molecule has 0 aromatic rings. The van der Waals surface area contributed by atoms with Crippen molar-refractivity contribution in [2.24, 2.45) is 0 Å². The fourth-order valence-corrected chi connectivity index (χ4v) is 1.31. The minimum Gasteiger partial charge on any atom is -0.481 e. The molecule has 0 aromatic carbocycles. The van der Waals surface area contributed by atoms with Crippen LogP contribution in [0.1, 0.15) is 20.3 Å². The van der Waals surface area contributed by atoms with Gasteiger partial charge in [0.05, 0.1) is 13.0 Å². The van der Waals surface area contributed by atoms with Crippen LogP contribution >= 0.6 is 0 Å². The van der Waals surface area contributed by atoms with E-state index in [9.17, 15) is 18.4 Å². The quantitative estimate of drug-likeness (QED) is 0.622. The van der Waals surface area contributed by atoms with E-state index in [2.05, 4.69) is 10.1 Å². The van der Waals surface area contributed by atoms with Gasteiger partial charge in [-0.05, 0) is 13.8 Å². The van der Waals surface area contributed by atoms with E-state index >= 15 is 0 Å². The van der Waals surface area contributed by atoms with Gasteiger partial charge in [-0.2, -0.15) is 0 Å². The summed E-state index contributed by atoms with van der Waals surface area (Å²) in [5.74, 6) is -0.987. The number of hydrogen-bond donors (Lipinski definition) is 2. The summed E-state index contributed by atoms with van der Waals surface area (Å²) in [5.41, 5.74) is 0. The number of nitrogens with zero attached hydrogens (tertiary/aromatic N) is 1. The molecular formula is C11H20F2N2O4. The number of alkyl halides is 2. The Bertz CT molecular complexity index is 288. The van der Waals surface area contributed by atoms with Gasteiger partial charge < -0.3 is 20.1 Å². The summed E-state index contributed by atoms with van der Waals surface area (Å²) in [6.07, 6.45) is -2.67. The molecule has 6 nitrogen and oxygen atoms in total. The smallest absolute Gasteiger partial charge is 0.317 e. The molecule has 0 aliphatic rings. The van der Waals surface area contributed by atoms with Crippen LogP contribution in [0.5, 0.6) is 0 Å². The van der Waals surface area contributed by atoms with E-state index in [1.54, 1.807) is 13.8 Å². The van der Waals surface area contributed by atoms with Crippen molar-refractivity contribution in [1.82, 2.24) is 10.2 Å². The molecular weight excluding hydrogens is 262 g/mol. The first-order valence-corrected chi connectivity index (χ1v) is 5.96. The van der Waals surface area contributed by atoms with Gasteiger partial charge in [0.25, 0.3) is 6.43 Å². The molecule has 0 fully saturated rings. The highest BCUT2D eigenvalue weighted by atomic mass is 19.3. The third-order valence-corrected chi connectivity index (χ3v) is 2.22. The maximum atomic E-state index is 11.8. The fourth-order valence-electron chi connectivity index (χ4n) is 1.31. The van der Waals surface area contributed by atoms with E-state index in [1.165, 1.54) is 4.90 Å². The Morgan fingerprint density at radius 3 is 2.47 bits per heavy atom. The molecule has 2 amide bonds. The predicted octanol–water partition coefficient (Wildman–Crippen LogP) is 1.16. The van der Waals surface area contributed by atoms with Crippen molar-refractivity contribution in [2.75, 3.05) is 26.3 Å². The third-order valence-electron chi connectivity index (χ3n) is 2.22. The van der Waals surface area contributed by atoms with Gasteiger partial charge in [-0.25, -0.2) is 13.6 Å². The Labute approximate surface area is 110 Å². The Kier molecular flexibility index (Phi) is 8.77. The van der Waals surface area contributed by atoms with E-state index in [0.717, 1.165) is 0 Å². The Balaban J connectivity index is 3.94. The summed E-state index contributed by atoms with van der Waals surface area (Å²) >= 11 is 0. The molecule has 0 atom stereocenters. The summed E-state index contributed by atoms with van der Waals surface area (Å²) in [4.78, 5) is 23.5. The molecule has 0 radical (unpaired) electrons. The van der Waals surface area contributed by atoms with Crippen LogP contribution in [0.3, 0.4) is 0 Å². The zero-order valence-electron chi connectivity index (χ0n) is 11.1. The van der Waals surface area contributed by atoms with Crippen LogP contribution in [0.2, 0.25) is 0 Å².